The molecule has 0 fully saturated rings. The van der Waals surface area contributed by atoms with Crippen molar-refractivity contribution >= 4 is 5.78 Å². The van der Waals surface area contributed by atoms with Crippen LogP contribution in [0.3, 0.4) is 0 Å². The first kappa shape index (κ1) is 15.9. The Morgan fingerprint density at radius 2 is 1.89 bits per heavy atom. The minimum atomic E-state index is 0.0708. The SMILES string of the molecule is CC(=O)c1cc(CCC[C@H](C)N)cc(C(C)(C)C)c1. The van der Waals surface area contributed by atoms with Gasteiger partial charge in [-0.05, 0) is 61.8 Å². The number of hydrogen-bond acceptors (Lipinski definition) is 2. The molecule has 2 nitrogen and oxygen atoms in total. The van der Waals surface area contributed by atoms with E-state index in [-0.39, 0.29) is 17.2 Å². The van der Waals surface area contributed by atoms with Crippen LogP contribution in [0.25, 0.3) is 0 Å². The zero-order chi connectivity index (χ0) is 14.6. The average Bonchev–Trinajstić information content (AvgIpc) is 2.26. The van der Waals surface area contributed by atoms with Crippen LogP contribution < -0.4 is 5.73 Å². The maximum atomic E-state index is 11.6. The van der Waals surface area contributed by atoms with E-state index in [1.165, 1.54) is 11.1 Å². The second kappa shape index (κ2) is 6.33. The van der Waals surface area contributed by atoms with Gasteiger partial charge < -0.3 is 5.73 Å². The summed E-state index contributed by atoms with van der Waals surface area (Å²) in [6.07, 6.45) is 3.09. The molecule has 0 aromatic heterocycles. The first-order valence-electron chi connectivity index (χ1n) is 7.11. The third-order valence-electron chi connectivity index (χ3n) is 3.39. The zero-order valence-electron chi connectivity index (χ0n) is 12.9. The van der Waals surface area contributed by atoms with Gasteiger partial charge in [-0.3, -0.25) is 4.79 Å². The lowest BCUT2D eigenvalue weighted by Crippen LogP contribution is -2.15. The number of aryl methyl sites for hydroxylation is 1. The fraction of sp³-hybridized carbons (Fsp3) is 0.588. The van der Waals surface area contributed by atoms with Crippen molar-refractivity contribution in [2.24, 2.45) is 5.73 Å². The summed E-state index contributed by atoms with van der Waals surface area (Å²) < 4.78 is 0. The molecule has 0 amide bonds. The first-order valence-corrected chi connectivity index (χ1v) is 7.11. The molecule has 1 rings (SSSR count). The maximum Gasteiger partial charge on any atom is 0.159 e. The van der Waals surface area contributed by atoms with Crippen molar-refractivity contribution in [3.05, 3.63) is 34.9 Å². The summed E-state index contributed by atoms with van der Waals surface area (Å²) in [7, 11) is 0. The fourth-order valence-electron chi connectivity index (χ4n) is 2.10. The molecule has 2 heteroatoms. The number of hydrogen-bond donors (Lipinski definition) is 1. The van der Waals surface area contributed by atoms with E-state index in [1.54, 1.807) is 6.92 Å². The number of Topliss-reactive ketones (excluding diaryl/α,β-unsaturated/α-hetero) is 1. The van der Waals surface area contributed by atoms with Gasteiger partial charge in [0.25, 0.3) is 0 Å². The highest BCUT2D eigenvalue weighted by molar-refractivity contribution is 5.94. The number of benzene rings is 1. The quantitative estimate of drug-likeness (QED) is 0.818. The molecule has 1 atom stereocenters. The third kappa shape index (κ3) is 5.15. The van der Waals surface area contributed by atoms with Crippen LogP contribution in [0.5, 0.6) is 0 Å². The standard InChI is InChI=1S/C17H27NO/c1-12(18)7-6-8-14-9-15(13(2)19)11-16(10-14)17(3,4)5/h9-12H,6-8,18H2,1-5H3/t12-/m0/s1. The normalized spacial score (nSPS) is 13.4. The van der Waals surface area contributed by atoms with E-state index in [4.69, 9.17) is 5.73 Å². The number of nitrogens with two attached hydrogens (primary N) is 1. The summed E-state index contributed by atoms with van der Waals surface area (Å²) in [5.41, 5.74) is 9.15. The zero-order valence-corrected chi connectivity index (χ0v) is 12.9. The molecule has 0 aliphatic carbocycles. The molecular weight excluding hydrogens is 234 g/mol. The van der Waals surface area contributed by atoms with Gasteiger partial charge in [0.15, 0.2) is 5.78 Å². The van der Waals surface area contributed by atoms with Gasteiger partial charge in [-0.1, -0.05) is 26.8 Å². The lowest BCUT2D eigenvalue weighted by Gasteiger charge is -2.21. The molecule has 0 saturated heterocycles. The summed E-state index contributed by atoms with van der Waals surface area (Å²) in [5, 5.41) is 0. The van der Waals surface area contributed by atoms with Crippen molar-refractivity contribution in [3.8, 4) is 0 Å². The Kier molecular flexibility index (Phi) is 5.30. The molecule has 1 aromatic rings. The molecule has 0 bridgehead atoms. The molecule has 0 unspecified atom stereocenters. The number of carbonyl (C=O) groups excluding carboxylic acids is 1. The summed E-state index contributed by atoms with van der Waals surface area (Å²) in [6, 6.07) is 6.53. The minimum absolute atomic E-state index is 0.0708. The van der Waals surface area contributed by atoms with E-state index in [1.807, 2.05) is 19.1 Å². The molecule has 0 heterocycles. The van der Waals surface area contributed by atoms with Gasteiger partial charge >= 0.3 is 0 Å². The smallest absolute Gasteiger partial charge is 0.159 e. The van der Waals surface area contributed by atoms with Gasteiger partial charge in [0.1, 0.15) is 0 Å². The van der Waals surface area contributed by atoms with Crippen molar-refractivity contribution in [1.29, 1.82) is 0 Å². The largest absolute Gasteiger partial charge is 0.328 e. The molecule has 19 heavy (non-hydrogen) atoms. The molecule has 0 radical (unpaired) electrons. The topological polar surface area (TPSA) is 43.1 Å². The third-order valence-corrected chi connectivity index (χ3v) is 3.39. The maximum absolute atomic E-state index is 11.6. The summed E-state index contributed by atoms with van der Waals surface area (Å²) >= 11 is 0. The Hall–Kier alpha value is -1.15. The van der Waals surface area contributed by atoms with E-state index >= 15 is 0 Å². The molecule has 0 aliphatic heterocycles. The number of ketones is 1. The van der Waals surface area contributed by atoms with Crippen molar-refractivity contribution in [1.82, 2.24) is 0 Å². The molecule has 0 saturated carbocycles. The van der Waals surface area contributed by atoms with Crippen LogP contribution in [0.1, 0.15) is 68.9 Å². The van der Waals surface area contributed by atoms with Crippen LogP contribution in [0.15, 0.2) is 18.2 Å². The van der Waals surface area contributed by atoms with E-state index in [0.29, 0.717) is 0 Å². The predicted molar refractivity (Wildman–Crippen MR) is 81.7 cm³/mol. The van der Waals surface area contributed by atoms with Gasteiger partial charge in [0.2, 0.25) is 0 Å². The monoisotopic (exact) mass is 261 g/mol. The Morgan fingerprint density at radius 3 is 2.37 bits per heavy atom. The van der Waals surface area contributed by atoms with Gasteiger partial charge in [-0.15, -0.1) is 0 Å². The molecular formula is C17H27NO. The van der Waals surface area contributed by atoms with Crippen molar-refractivity contribution in [3.63, 3.8) is 0 Å². The van der Waals surface area contributed by atoms with Crippen LogP contribution in [0.2, 0.25) is 0 Å². The van der Waals surface area contributed by atoms with Crippen molar-refractivity contribution < 1.29 is 4.79 Å². The highest BCUT2D eigenvalue weighted by Crippen LogP contribution is 2.25. The van der Waals surface area contributed by atoms with E-state index in [9.17, 15) is 4.79 Å². The van der Waals surface area contributed by atoms with E-state index < -0.39 is 0 Å². The van der Waals surface area contributed by atoms with Crippen LogP contribution in [0, 0.1) is 0 Å². The van der Waals surface area contributed by atoms with Crippen LogP contribution >= 0.6 is 0 Å². The van der Waals surface area contributed by atoms with Gasteiger partial charge in [0.05, 0.1) is 0 Å². The lowest BCUT2D eigenvalue weighted by molar-refractivity contribution is 0.101. The Morgan fingerprint density at radius 1 is 1.26 bits per heavy atom. The minimum Gasteiger partial charge on any atom is -0.328 e. The Labute approximate surface area is 117 Å². The highest BCUT2D eigenvalue weighted by Gasteiger charge is 2.16. The van der Waals surface area contributed by atoms with Gasteiger partial charge in [0, 0.05) is 11.6 Å². The summed E-state index contributed by atoms with van der Waals surface area (Å²) in [4.78, 5) is 11.6. The Balaban J connectivity index is 2.97. The number of carbonyl (C=O) groups is 1. The highest BCUT2D eigenvalue weighted by atomic mass is 16.1. The van der Waals surface area contributed by atoms with Crippen LogP contribution in [-0.2, 0) is 11.8 Å². The van der Waals surface area contributed by atoms with Crippen LogP contribution in [-0.4, -0.2) is 11.8 Å². The lowest BCUT2D eigenvalue weighted by atomic mass is 9.84. The van der Waals surface area contributed by atoms with Crippen molar-refractivity contribution in [2.75, 3.05) is 0 Å². The number of rotatable bonds is 5. The molecule has 106 valence electrons. The summed E-state index contributed by atoms with van der Waals surface area (Å²) in [6.45, 7) is 10.2. The van der Waals surface area contributed by atoms with Crippen LogP contribution in [0.4, 0.5) is 0 Å². The van der Waals surface area contributed by atoms with Crippen molar-refractivity contribution in [2.45, 2.75) is 65.3 Å². The van der Waals surface area contributed by atoms with Gasteiger partial charge in [-0.2, -0.15) is 0 Å². The fourth-order valence-corrected chi connectivity index (χ4v) is 2.10. The molecule has 1 aromatic carbocycles. The average molecular weight is 261 g/mol. The van der Waals surface area contributed by atoms with E-state index in [0.717, 1.165) is 24.8 Å². The first-order chi connectivity index (χ1) is 8.70. The van der Waals surface area contributed by atoms with E-state index in [2.05, 4.69) is 26.8 Å². The second-order valence-electron chi connectivity index (χ2n) is 6.59. The molecule has 0 spiro atoms. The second-order valence-corrected chi connectivity index (χ2v) is 6.59. The predicted octanol–water partition coefficient (Wildman–Crippen LogP) is 3.86. The summed E-state index contributed by atoms with van der Waals surface area (Å²) in [5.74, 6) is 0.138. The van der Waals surface area contributed by atoms with Gasteiger partial charge in [-0.25, -0.2) is 0 Å². The Bertz CT molecular complexity index is 441. The molecule has 2 N–H and O–H groups in total. The molecule has 0 aliphatic rings.